The Bertz CT molecular complexity index is 1090. The van der Waals surface area contributed by atoms with Gasteiger partial charge in [-0.05, 0) is 65.2 Å². The first-order chi connectivity index (χ1) is 13.4. The van der Waals surface area contributed by atoms with Crippen LogP contribution in [0, 0.1) is 6.92 Å². The van der Waals surface area contributed by atoms with Crippen LogP contribution in [0.25, 0.3) is 22.4 Å². The third-order valence-corrected chi connectivity index (χ3v) is 6.88. The van der Waals surface area contributed by atoms with E-state index in [1.807, 2.05) is 30.5 Å². The van der Waals surface area contributed by atoms with Crippen molar-refractivity contribution in [3.8, 4) is 39.6 Å². The molecule has 2 heterocycles. The van der Waals surface area contributed by atoms with Crippen LogP contribution in [0.2, 0.25) is 0 Å². The summed E-state index contributed by atoms with van der Waals surface area (Å²) in [5.74, 6) is 1.83. The van der Waals surface area contributed by atoms with E-state index in [9.17, 15) is 14.4 Å². The van der Waals surface area contributed by atoms with Gasteiger partial charge in [-0.2, -0.15) is 4.37 Å². The molecule has 28 heavy (non-hydrogen) atoms. The highest BCUT2D eigenvalue weighted by Crippen LogP contribution is 2.57. The molecule has 0 aliphatic carbocycles. The van der Waals surface area contributed by atoms with Crippen molar-refractivity contribution in [2.75, 3.05) is 13.9 Å². The molecule has 4 rings (SSSR count). The van der Waals surface area contributed by atoms with Gasteiger partial charge in [-0.1, -0.05) is 6.07 Å². The van der Waals surface area contributed by atoms with E-state index in [1.165, 1.54) is 18.6 Å². The molecule has 2 N–H and O–H groups in total. The normalized spacial score (nSPS) is 13.0. The van der Waals surface area contributed by atoms with Gasteiger partial charge in [0.05, 0.1) is 17.7 Å². The Hall–Kier alpha value is -2.03. The first-order valence-electron chi connectivity index (χ1n) is 8.14. The number of benzene rings is 2. The van der Waals surface area contributed by atoms with Crippen molar-refractivity contribution in [3.63, 3.8) is 0 Å². The number of rotatable bonds is 5. The van der Waals surface area contributed by atoms with Crippen LogP contribution in [0.5, 0.6) is 17.2 Å². The summed E-state index contributed by atoms with van der Waals surface area (Å²) in [5.41, 5.74) is 4.26. The highest BCUT2D eigenvalue weighted by atomic mass is 32.7. The largest absolute Gasteiger partial charge is 0.496 e. The molecule has 0 amide bonds. The maximum Gasteiger partial charge on any atom is 0.388 e. The fourth-order valence-electron chi connectivity index (χ4n) is 3.02. The van der Waals surface area contributed by atoms with E-state index in [2.05, 4.69) is 4.37 Å². The molecule has 0 fully saturated rings. The predicted molar refractivity (Wildman–Crippen MR) is 108 cm³/mol. The lowest BCUT2D eigenvalue weighted by molar-refractivity contribution is 0.173. The predicted octanol–water partition coefficient (Wildman–Crippen LogP) is 4.71. The topological polar surface area (TPSA) is 98.1 Å². The first-order valence-corrected chi connectivity index (χ1v) is 12.0. The third kappa shape index (κ3) is 3.76. The van der Waals surface area contributed by atoms with Crippen molar-refractivity contribution < 1.29 is 28.6 Å². The van der Waals surface area contributed by atoms with Gasteiger partial charge < -0.3 is 24.0 Å². The van der Waals surface area contributed by atoms with Crippen LogP contribution < -0.4 is 14.2 Å². The van der Waals surface area contributed by atoms with E-state index < -0.39 is 6.80 Å². The molecule has 0 bridgehead atoms. The molecule has 10 heteroatoms. The van der Waals surface area contributed by atoms with Crippen molar-refractivity contribution in [1.82, 2.24) is 4.37 Å². The molecule has 0 atom stereocenters. The molecule has 146 valence electrons. The zero-order valence-electron chi connectivity index (χ0n) is 14.9. The smallest absolute Gasteiger partial charge is 0.388 e. The number of nitrogens with zero attached hydrogens (tertiary/aromatic N) is 1. The summed E-state index contributed by atoms with van der Waals surface area (Å²) >= 11 is 1.78. The van der Waals surface area contributed by atoms with Crippen LogP contribution in [-0.2, 0) is 4.57 Å². The van der Waals surface area contributed by atoms with Crippen molar-refractivity contribution in [3.05, 3.63) is 41.3 Å². The zero-order chi connectivity index (χ0) is 19.9. The fourth-order valence-corrected chi connectivity index (χ4v) is 5.60. The van der Waals surface area contributed by atoms with E-state index in [0.29, 0.717) is 27.8 Å². The Labute approximate surface area is 169 Å². The molecular weight excluding hydrogens is 421 g/mol. The highest BCUT2D eigenvalue weighted by molar-refractivity contribution is 8.54. The average molecular weight is 437 g/mol. The Morgan fingerprint density at radius 2 is 2.04 bits per heavy atom. The lowest BCUT2D eigenvalue weighted by Gasteiger charge is -2.12. The van der Waals surface area contributed by atoms with Gasteiger partial charge >= 0.3 is 6.80 Å². The fraction of sp³-hybridized carbons (Fsp3) is 0.167. The van der Waals surface area contributed by atoms with Gasteiger partial charge in [0.2, 0.25) is 6.79 Å². The number of aryl methyl sites for hydroxylation is 1. The van der Waals surface area contributed by atoms with Crippen LogP contribution in [0.1, 0.15) is 5.56 Å². The van der Waals surface area contributed by atoms with Gasteiger partial charge in [0.1, 0.15) is 5.75 Å². The number of aromatic nitrogens is 1. The van der Waals surface area contributed by atoms with E-state index in [0.717, 1.165) is 33.7 Å². The lowest BCUT2D eigenvalue weighted by atomic mass is 10.00. The summed E-state index contributed by atoms with van der Waals surface area (Å²) in [6, 6.07) is 9.12. The quantitative estimate of drug-likeness (QED) is 0.554. The number of hydrogen-bond acceptors (Lipinski definition) is 7. The average Bonchev–Trinajstić information content (AvgIpc) is 3.29. The van der Waals surface area contributed by atoms with Gasteiger partial charge in [-0.3, -0.25) is 0 Å². The molecular formula is C18H16NO6PS2. The van der Waals surface area contributed by atoms with E-state index in [1.54, 1.807) is 12.1 Å². The van der Waals surface area contributed by atoms with Crippen LogP contribution >= 0.6 is 29.7 Å². The third-order valence-electron chi connectivity index (χ3n) is 4.19. The summed E-state index contributed by atoms with van der Waals surface area (Å²) in [6.07, 6.45) is 0. The lowest BCUT2D eigenvalue weighted by Crippen LogP contribution is -1.93. The second kappa shape index (κ2) is 7.42. The molecule has 0 unspecified atom stereocenters. The number of ether oxygens (including phenoxy) is 3. The molecule has 0 saturated carbocycles. The Morgan fingerprint density at radius 3 is 2.79 bits per heavy atom. The monoisotopic (exact) mass is 437 g/mol. The second-order valence-corrected chi connectivity index (χ2v) is 10.3. The van der Waals surface area contributed by atoms with Crippen molar-refractivity contribution in [2.45, 2.75) is 11.8 Å². The van der Waals surface area contributed by atoms with Crippen molar-refractivity contribution in [1.29, 1.82) is 0 Å². The minimum absolute atomic E-state index is 0.199. The summed E-state index contributed by atoms with van der Waals surface area (Å²) in [7, 11) is 1.46. The molecule has 7 nitrogen and oxygen atoms in total. The number of hydrogen-bond donors (Lipinski definition) is 2. The minimum Gasteiger partial charge on any atom is -0.496 e. The van der Waals surface area contributed by atoms with E-state index >= 15 is 0 Å². The molecule has 3 aromatic rings. The summed E-state index contributed by atoms with van der Waals surface area (Å²) in [4.78, 5) is 19.1. The molecule has 0 saturated heterocycles. The van der Waals surface area contributed by atoms with E-state index in [-0.39, 0.29) is 6.79 Å². The molecule has 2 aromatic carbocycles. The van der Waals surface area contributed by atoms with Gasteiger partial charge in [0, 0.05) is 16.5 Å². The number of fused-ring (bicyclic) bond motifs is 1. The number of methoxy groups -OCH3 is 1. The molecule has 0 radical (unpaired) electrons. The van der Waals surface area contributed by atoms with Gasteiger partial charge in [-0.25, -0.2) is 4.57 Å². The second-order valence-electron chi connectivity index (χ2n) is 6.05. The maximum atomic E-state index is 11.5. The SMILES string of the molecule is COc1ccc(-c2csnc2-c2cc(C)c3c(c2)OCO3)cc1SP(=O)(O)O. The van der Waals surface area contributed by atoms with Gasteiger partial charge in [-0.15, -0.1) is 0 Å². The molecule has 1 aliphatic rings. The summed E-state index contributed by atoms with van der Waals surface area (Å²) < 4.78 is 32.2. The van der Waals surface area contributed by atoms with E-state index in [4.69, 9.17) is 14.2 Å². The van der Waals surface area contributed by atoms with Crippen LogP contribution in [0.4, 0.5) is 0 Å². The van der Waals surface area contributed by atoms with Crippen molar-refractivity contribution >= 4 is 29.7 Å². The molecule has 0 spiro atoms. The standard InChI is InChI=1S/C18H16NO6PS2/c1-10-5-12(6-15-18(10)25-9-24-15)17-13(8-27-19-17)11-3-4-14(23-2)16(7-11)28-26(20,21)22/h3-8H,9H2,1-2H3,(H2,20,21,22). The highest BCUT2D eigenvalue weighted by Gasteiger charge is 2.22. The van der Waals surface area contributed by atoms with Crippen LogP contribution in [0.15, 0.2) is 40.6 Å². The zero-order valence-corrected chi connectivity index (χ0v) is 17.4. The summed E-state index contributed by atoms with van der Waals surface area (Å²) in [5, 5.41) is 1.91. The van der Waals surface area contributed by atoms with Crippen LogP contribution in [0.3, 0.4) is 0 Å². The maximum absolute atomic E-state index is 11.5. The summed E-state index contributed by atoms with van der Waals surface area (Å²) in [6.45, 7) is -2.17. The van der Waals surface area contributed by atoms with Crippen LogP contribution in [-0.4, -0.2) is 28.1 Å². The molecule has 1 aromatic heterocycles. The first kappa shape index (κ1) is 19.3. The Morgan fingerprint density at radius 1 is 1.21 bits per heavy atom. The van der Waals surface area contributed by atoms with Gasteiger partial charge in [0.25, 0.3) is 0 Å². The van der Waals surface area contributed by atoms with Gasteiger partial charge in [0.15, 0.2) is 11.5 Å². The minimum atomic E-state index is -4.32. The molecule has 1 aliphatic heterocycles. The Kier molecular flexibility index (Phi) is 5.11. The van der Waals surface area contributed by atoms with Crippen molar-refractivity contribution in [2.24, 2.45) is 0 Å². The Balaban J connectivity index is 1.79.